The number of nitrogens with one attached hydrogen (secondary N) is 2. The van der Waals surface area contributed by atoms with E-state index in [1.165, 1.54) is 43.3 Å². The summed E-state index contributed by atoms with van der Waals surface area (Å²) >= 11 is 0. The Labute approximate surface area is 176 Å². The van der Waals surface area contributed by atoms with Crippen LogP contribution in [0.1, 0.15) is 40.7 Å². The lowest BCUT2D eigenvalue weighted by Gasteiger charge is -2.26. The van der Waals surface area contributed by atoms with Crippen molar-refractivity contribution in [3.63, 3.8) is 0 Å². The lowest BCUT2D eigenvalue weighted by atomic mass is 9.99. The Morgan fingerprint density at radius 2 is 1.90 bits per heavy atom. The predicted molar refractivity (Wildman–Crippen MR) is 118 cm³/mol. The Balaban J connectivity index is 0.00000205. The number of H-pyrrole nitrogens is 1. The second-order valence-corrected chi connectivity index (χ2v) is 7.79. The molecule has 5 nitrogen and oxygen atoms in total. The van der Waals surface area contributed by atoms with Crippen molar-refractivity contribution in [2.45, 2.75) is 32.4 Å². The zero-order valence-electron chi connectivity index (χ0n) is 16.6. The number of methoxy groups -OCH3 is 1. The number of ether oxygens (including phenoxy) is 1. The third-order valence-corrected chi connectivity index (χ3v) is 5.97. The number of amides is 1. The van der Waals surface area contributed by atoms with Crippen molar-refractivity contribution in [3.05, 3.63) is 53.1 Å². The summed E-state index contributed by atoms with van der Waals surface area (Å²) in [6, 6.07) is 12.7. The van der Waals surface area contributed by atoms with Gasteiger partial charge in [-0.15, -0.1) is 12.4 Å². The molecule has 3 aromatic rings. The molecule has 29 heavy (non-hydrogen) atoms. The molecule has 1 amide bonds. The normalized spacial score (nSPS) is 16.4. The number of piperidine rings is 1. The van der Waals surface area contributed by atoms with Crippen LogP contribution in [0.3, 0.4) is 0 Å². The van der Waals surface area contributed by atoms with E-state index < -0.39 is 0 Å². The number of nitrogens with zero attached hydrogens (tertiary/aromatic N) is 1. The summed E-state index contributed by atoms with van der Waals surface area (Å²) < 4.78 is 5.44. The van der Waals surface area contributed by atoms with Crippen LogP contribution in [0.15, 0.2) is 36.4 Å². The molecule has 152 valence electrons. The molecular weight excluding hydrogens is 386 g/mol. The van der Waals surface area contributed by atoms with E-state index >= 15 is 0 Å². The number of hydrogen-bond acceptors (Lipinski definition) is 3. The minimum atomic E-state index is -0.0339. The molecular formula is C23H26ClN3O2. The number of carbonyl (C=O) groups is 1. The fourth-order valence-corrected chi connectivity index (χ4v) is 4.54. The van der Waals surface area contributed by atoms with Crippen LogP contribution >= 0.6 is 12.4 Å². The highest BCUT2D eigenvalue weighted by Gasteiger charge is 2.27. The second kappa shape index (κ2) is 8.09. The van der Waals surface area contributed by atoms with Crippen LogP contribution in [0, 0.1) is 0 Å². The first-order valence-electron chi connectivity index (χ1n) is 10.1. The second-order valence-electron chi connectivity index (χ2n) is 7.79. The molecule has 0 atom stereocenters. The molecule has 1 saturated heterocycles. The number of hydrogen-bond donors (Lipinski definition) is 2. The lowest BCUT2D eigenvalue weighted by Crippen LogP contribution is -2.28. The van der Waals surface area contributed by atoms with Crippen LogP contribution in [0.2, 0.25) is 0 Å². The van der Waals surface area contributed by atoms with Gasteiger partial charge in [0.05, 0.1) is 12.7 Å². The molecule has 3 heterocycles. The van der Waals surface area contributed by atoms with Crippen molar-refractivity contribution in [2.75, 3.05) is 20.2 Å². The number of likely N-dealkylation sites (tertiary alicyclic amines) is 1. The van der Waals surface area contributed by atoms with Gasteiger partial charge in [0.1, 0.15) is 5.75 Å². The molecule has 1 aromatic heterocycles. The van der Waals surface area contributed by atoms with Crippen molar-refractivity contribution in [3.8, 4) is 17.0 Å². The largest absolute Gasteiger partial charge is 0.496 e. The zero-order valence-corrected chi connectivity index (χ0v) is 17.4. The zero-order chi connectivity index (χ0) is 19.1. The van der Waals surface area contributed by atoms with Gasteiger partial charge < -0.3 is 15.0 Å². The third kappa shape index (κ3) is 3.61. The maximum absolute atomic E-state index is 12.4. The average Bonchev–Trinajstić information content (AvgIpc) is 3.32. The molecule has 0 aliphatic carbocycles. The first-order valence-corrected chi connectivity index (χ1v) is 10.1. The fraction of sp³-hybridized carbons (Fsp3) is 0.348. The quantitative estimate of drug-likeness (QED) is 0.664. The highest BCUT2D eigenvalue weighted by Crippen LogP contribution is 2.36. The molecule has 1 fully saturated rings. The number of benzene rings is 2. The Hall–Kier alpha value is -2.50. The molecule has 0 spiro atoms. The molecule has 2 N–H and O–H groups in total. The van der Waals surface area contributed by atoms with E-state index in [1.54, 1.807) is 7.11 Å². The summed E-state index contributed by atoms with van der Waals surface area (Å²) in [7, 11) is 1.64. The smallest absolute Gasteiger partial charge is 0.252 e. The molecule has 2 aromatic carbocycles. The van der Waals surface area contributed by atoms with Gasteiger partial charge in [0.15, 0.2) is 0 Å². The Morgan fingerprint density at radius 3 is 2.69 bits per heavy atom. The first kappa shape index (κ1) is 19.8. The van der Waals surface area contributed by atoms with Crippen LogP contribution in [0.25, 0.3) is 22.2 Å². The van der Waals surface area contributed by atoms with Gasteiger partial charge in [0, 0.05) is 40.8 Å². The maximum atomic E-state index is 12.4. The van der Waals surface area contributed by atoms with Gasteiger partial charge in [-0.3, -0.25) is 9.69 Å². The number of rotatable bonds is 4. The molecule has 0 unspecified atom stereocenters. The average molecular weight is 412 g/mol. The van der Waals surface area contributed by atoms with Gasteiger partial charge in [-0.05, 0) is 61.8 Å². The van der Waals surface area contributed by atoms with Gasteiger partial charge in [0.25, 0.3) is 5.91 Å². The maximum Gasteiger partial charge on any atom is 0.252 e. The highest BCUT2D eigenvalue weighted by atomic mass is 35.5. The van der Waals surface area contributed by atoms with Crippen molar-refractivity contribution in [1.29, 1.82) is 0 Å². The molecule has 5 rings (SSSR count). The summed E-state index contributed by atoms with van der Waals surface area (Å²) in [4.78, 5) is 18.5. The van der Waals surface area contributed by atoms with E-state index in [9.17, 15) is 4.79 Å². The van der Waals surface area contributed by atoms with E-state index in [0.29, 0.717) is 6.54 Å². The Bertz CT molecular complexity index is 1050. The van der Waals surface area contributed by atoms with Crippen molar-refractivity contribution < 1.29 is 9.53 Å². The van der Waals surface area contributed by atoms with E-state index in [-0.39, 0.29) is 18.3 Å². The topological polar surface area (TPSA) is 57.4 Å². The van der Waals surface area contributed by atoms with E-state index in [2.05, 4.69) is 39.5 Å². The molecule has 6 heteroatoms. The third-order valence-electron chi connectivity index (χ3n) is 5.97. The molecule has 0 bridgehead atoms. The number of fused-ring (bicyclic) bond motifs is 2. The monoisotopic (exact) mass is 411 g/mol. The molecule has 2 aliphatic heterocycles. The van der Waals surface area contributed by atoms with Crippen LogP contribution in [-0.4, -0.2) is 36.0 Å². The summed E-state index contributed by atoms with van der Waals surface area (Å²) in [5.74, 6) is 0.727. The fourth-order valence-electron chi connectivity index (χ4n) is 4.54. The van der Waals surface area contributed by atoms with Crippen LogP contribution < -0.4 is 10.1 Å². The minimum Gasteiger partial charge on any atom is -0.496 e. The number of carbonyl (C=O) groups excluding carboxylic acids is 1. The predicted octanol–water partition coefficient (Wildman–Crippen LogP) is 4.49. The Kier molecular flexibility index (Phi) is 5.52. The standard InChI is InChI=1S/C23H25N3O2.ClH/c1-28-21-8-6-17(22-18(21)13-24-23(22)27)20-12-16-11-15(5-7-19(16)25-20)14-26-9-3-2-4-10-26;/h5-8,11-12,25H,2-4,9-10,13-14H2,1H3,(H,24,27);1H. The lowest BCUT2D eigenvalue weighted by molar-refractivity contribution is 0.0966. The van der Waals surface area contributed by atoms with E-state index in [1.807, 2.05) is 12.1 Å². The highest BCUT2D eigenvalue weighted by molar-refractivity contribution is 6.05. The summed E-state index contributed by atoms with van der Waals surface area (Å²) in [5.41, 5.74) is 6.01. The van der Waals surface area contributed by atoms with Crippen molar-refractivity contribution >= 4 is 29.2 Å². The van der Waals surface area contributed by atoms with Crippen molar-refractivity contribution in [2.24, 2.45) is 0 Å². The van der Waals surface area contributed by atoms with Crippen LogP contribution in [-0.2, 0) is 13.1 Å². The number of aromatic nitrogens is 1. The van der Waals surface area contributed by atoms with Gasteiger partial charge in [-0.1, -0.05) is 12.5 Å². The molecule has 0 saturated carbocycles. The van der Waals surface area contributed by atoms with Gasteiger partial charge in [-0.2, -0.15) is 0 Å². The summed E-state index contributed by atoms with van der Waals surface area (Å²) in [6.45, 7) is 3.93. The minimum absolute atomic E-state index is 0. The summed E-state index contributed by atoms with van der Waals surface area (Å²) in [5, 5.41) is 4.11. The van der Waals surface area contributed by atoms with Gasteiger partial charge >= 0.3 is 0 Å². The SMILES string of the molecule is COc1ccc(-c2cc3cc(CN4CCCCC4)ccc3[nH]2)c2c1CNC2=O.Cl. The van der Waals surface area contributed by atoms with Crippen LogP contribution in [0.5, 0.6) is 5.75 Å². The Morgan fingerprint density at radius 1 is 1.07 bits per heavy atom. The molecule has 0 radical (unpaired) electrons. The van der Waals surface area contributed by atoms with Gasteiger partial charge in [-0.25, -0.2) is 0 Å². The number of aromatic amines is 1. The van der Waals surface area contributed by atoms with E-state index in [4.69, 9.17) is 4.74 Å². The van der Waals surface area contributed by atoms with Crippen LogP contribution in [0.4, 0.5) is 0 Å². The summed E-state index contributed by atoms with van der Waals surface area (Å²) in [6.07, 6.45) is 3.97. The molecule has 2 aliphatic rings. The first-order chi connectivity index (χ1) is 13.7. The van der Waals surface area contributed by atoms with E-state index in [0.717, 1.165) is 40.2 Å². The number of halogens is 1. The van der Waals surface area contributed by atoms with Crippen molar-refractivity contribution in [1.82, 2.24) is 15.2 Å². The van der Waals surface area contributed by atoms with Gasteiger partial charge in [0.2, 0.25) is 0 Å².